The lowest BCUT2D eigenvalue weighted by atomic mass is 9.58. The van der Waals surface area contributed by atoms with Crippen molar-refractivity contribution in [1.29, 1.82) is 0 Å². The highest BCUT2D eigenvalue weighted by Crippen LogP contribution is 2.50. The molecule has 0 spiro atoms. The number of carbonyl (C=O) groups is 3. The Morgan fingerprint density at radius 3 is 2.07 bits per heavy atom. The first-order valence-corrected chi connectivity index (χ1v) is 12.3. The maximum absolute atomic E-state index is 13.2. The number of hydrogen-bond acceptors (Lipinski definition) is 3. The number of amides is 3. The van der Waals surface area contributed by atoms with Crippen LogP contribution in [0.1, 0.15) is 77.0 Å². The largest absolute Gasteiger partial charge is 0.342 e. The van der Waals surface area contributed by atoms with Crippen LogP contribution in [-0.2, 0) is 14.4 Å². The quantitative estimate of drug-likeness (QED) is 0.680. The smallest absolute Gasteiger partial charge is 0.232 e. The molecule has 2 saturated heterocycles. The molecule has 160 valence electrons. The van der Waals surface area contributed by atoms with E-state index in [4.69, 9.17) is 0 Å². The molecule has 4 atom stereocenters. The van der Waals surface area contributed by atoms with Crippen LogP contribution in [0.15, 0.2) is 0 Å². The number of piperidine rings is 2. The molecule has 5 aliphatic rings. The van der Waals surface area contributed by atoms with Crippen molar-refractivity contribution in [1.82, 2.24) is 9.80 Å². The fourth-order valence-corrected chi connectivity index (χ4v) is 7.55. The van der Waals surface area contributed by atoms with Gasteiger partial charge in [-0.2, -0.15) is 0 Å². The number of carbonyl (C=O) groups excluding carboxylic acids is 3. The van der Waals surface area contributed by atoms with Gasteiger partial charge in [0.25, 0.3) is 0 Å². The summed E-state index contributed by atoms with van der Waals surface area (Å²) in [6.07, 6.45) is 13.1. The Morgan fingerprint density at radius 2 is 1.38 bits per heavy atom. The van der Waals surface area contributed by atoms with Gasteiger partial charge in [-0.3, -0.25) is 19.3 Å². The number of likely N-dealkylation sites (tertiary alicyclic amines) is 2. The number of rotatable bonds is 3. The molecule has 5 rings (SSSR count). The molecule has 0 N–H and O–H groups in total. The van der Waals surface area contributed by atoms with Crippen molar-refractivity contribution < 1.29 is 14.4 Å². The third-order valence-electron chi connectivity index (χ3n) is 9.01. The molecule has 5 fully saturated rings. The van der Waals surface area contributed by atoms with E-state index in [0.29, 0.717) is 24.8 Å². The summed E-state index contributed by atoms with van der Waals surface area (Å²) < 4.78 is 0. The molecular formula is C24H36N2O3. The summed E-state index contributed by atoms with van der Waals surface area (Å²) in [5, 5.41) is 0. The lowest BCUT2D eigenvalue weighted by Crippen LogP contribution is -2.58. The van der Waals surface area contributed by atoms with Crippen LogP contribution in [0.4, 0.5) is 0 Å². The lowest BCUT2D eigenvalue weighted by Gasteiger charge is -2.50. The topological polar surface area (TPSA) is 57.7 Å². The van der Waals surface area contributed by atoms with E-state index < -0.39 is 0 Å². The standard InChI is InChI=1S/C24H36N2O3/c27-21(25-13-11-16-5-1-2-6-18(16)15-25)12-14-26-23(28)19-9-3-7-17-8-4-10-20(22(17)19)24(26)29/h16-20,22H,1-15H2. The highest BCUT2D eigenvalue weighted by molar-refractivity contribution is 6.01. The Labute approximate surface area is 174 Å². The fraction of sp³-hybridized carbons (Fsp3) is 0.875. The van der Waals surface area contributed by atoms with Gasteiger partial charge in [0, 0.05) is 37.9 Å². The third kappa shape index (κ3) is 3.53. The molecule has 0 radical (unpaired) electrons. The third-order valence-corrected chi connectivity index (χ3v) is 9.01. The van der Waals surface area contributed by atoms with Crippen molar-refractivity contribution in [3.05, 3.63) is 0 Å². The molecule has 0 aromatic carbocycles. The molecule has 0 aromatic rings. The molecule has 0 aromatic heterocycles. The van der Waals surface area contributed by atoms with Gasteiger partial charge in [0.05, 0.1) is 0 Å². The highest BCUT2D eigenvalue weighted by Gasteiger charge is 2.53. The number of imide groups is 1. The summed E-state index contributed by atoms with van der Waals surface area (Å²) in [7, 11) is 0. The Hall–Kier alpha value is -1.39. The first-order chi connectivity index (χ1) is 14.1. The van der Waals surface area contributed by atoms with Gasteiger partial charge in [0.2, 0.25) is 17.7 Å². The van der Waals surface area contributed by atoms with Gasteiger partial charge in [0.1, 0.15) is 0 Å². The fourth-order valence-electron chi connectivity index (χ4n) is 7.55. The Morgan fingerprint density at radius 1 is 0.759 bits per heavy atom. The van der Waals surface area contributed by atoms with Crippen molar-refractivity contribution in [3.63, 3.8) is 0 Å². The Kier molecular flexibility index (Phi) is 5.42. The average Bonchev–Trinajstić information content (AvgIpc) is 2.76. The van der Waals surface area contributed by atoms with E-state index in [2.05, 4.69) is 0 Å². The second-order valence-electron chi connectivity index (χ2n) is 10.4. The van der Waals surface area contributed by atoms with E-state index in [0.717, 1.165) is 51.1 Å². The number of nitrogens with zero attached hydrogens (tertiary/aromatic N) is 2. The van der Waals surface area contributed by atoms with Crippen LogP contribution >= 0.6 is 0 Å². The molecule has 2 aliphatic heterocycles. The SMILES string of the molecule is O=C(CCN1C(=O)C2CCCC3CCCC(C1=O)C32)N1CCC2CCCCC2C1. The summed E-state index contributed by atoms with van der Waals surface area (Å²) in [6, 6.07) is 0. The van der Waals surface area contributed by atoms with Crippen LogP contribution in [0.2, 0.25) is 0 Å². The molecule has 5 heteroatoms. The average molecular weight is 401 g/mol. The Balaban J connectivity index is 1.22. The number of fused-ring (bicyclic) bond motifs is 1. The van der Waals surface area contributed by atoms with Crippen LogP contribution in [0.25, 0.3) is 0 Å². The minimum atomic E-state index is 0.0293. The molecule has 0 bridgehead atoms. The highest BCUT2D eigenvalue weighted by atomic mass is 16.2. The van der Waals surface area contributed by atoms with E-state index in [-0.39, 0.29) is 35.5 Å². The molecular weight excluding hydrogens is 364 g/mol. The van der Waals surface area contributed by atoms with Crippen LogP contribution in [0.3, 0.4) is 0 Å². The zero-order chi connectivity index (χ0) is 20.0. The van der Waals surface area contributed by atoms with Gasteiger partial charge in [0.15, 0.2) is 0 Å². The maximum atomic E-state index is 13.2. The van der Waals surface area contributed by atoms with Crippen LogP contribution in [0, 0.1) is 35.5 Å². The van der Waals surface area contributed by atoms with Gasteiger partial charge in [-0.25, -0.2) is 0 Å². The van der Waals surface area contributed by atoms with Crippen molar-refractivity contribution >= 4 is 17.7 Å². The zero-order valence-corrected chi connectivity index (χ0v) is 17.7. The van der Waals surface area contributed by atoms with Crippen molar-refractivity contribution in [2.75, 3.05) is 19.6 Å². The number of hydrogen-bond donors (Lipinski definition) is 0. The summed E-state index contributed by atoms with van der Waals surface area (Å²) in [5.74, 6) is 2.60. The van der Waals surface area contributed by atoms with Crippen molar-refractivity contribution in [2.45, 2.75) is 77.0 Å². The summed E-state index contributed by atoms with van der Waals surface area (Å²) >= 11 is 0. The first kappa shape index (κ1) is 19.6. The van der Waals surface area contributed by atoms with Gasteiger partial charge < -0.3 is 4.90 Å². The monoisotopic (exact) mass is 400 g/mol. The molecule has 3 amide bonds. The van der Waals surface area contributed by atoms with Crippen molar-refractivity contribution in [2.24, 2.45) is 35.5 Å². The van der Waals surface area contributed by atoms with E-state index in [9.17, 15) is 14.4 Å². The molecule has 29 heavy (non-hydrogen) atoms. The predicted molar refractivity (Wildman–Crippen MR) is 110 cm³/mol. The molecule has 5 nitrogen and oxygen atoms in total. The van der Waals surface area contributed by atoms with Crippen LogP contribution in [0.5, 0.6) is 0 Å². The van der Waals surface area contributed by atoms with E-state index >= 15 is 0 Å². The normalized spacial score (nSPS) is 39.7. The summed E-state index contributed by atoms with van der Waals surface area (Å²) in [4.78, 5) is 42.7. The van der Waals surface area contributed by atoms with Crippen LogP contribution < -0.4 is 0 Å². The molecule has 4 unspecified atom stereocenters. The van der Waals surface area contributed by atoms with Crippen molar-refractivity contribution in [3.8, 4) is 0 Å². The van der Waals surface area contributed by atoms with E-state index in [1.165, 1.54) is 43.4 Å². The Bertz CT molecular complexity index is 647. The van der Waals surface area contributed by atoms with Gasteiger partial charge in [-0.1, -0.05) is 44.9 Å². The minimum Gasteiger partial charge on any atom is -0.342 e. The molecule has 2 heterocycles. The molecule has 3 aliphatic carbocycles. The predicted octanol–water partition coefficient (Wildman–Crippen LogP) is 3.62. The van der Waals surface area contributed by atoms with E-state index in [1.54, 1.807) is 0 Å². The van der Waals surface area contributed by atoms with Gasteiger partial charge >= 0.3 is 0 Å². The lowest BCUT2D eigenvalue weighted by molar-refractivity contribution is -0.166. The molecule has 3 saturated carbocycles. The maximum Gasteiger partial charge on any atom is 0.232 e. The zero-order valence-electron chi connectivity index (χ0n) is 17.7. The summed E-state index contributed by atoms with van der Waals surface area (Å²) in [5.41, 5.74) is 0. The van der Waals surface area contributed by atoms with E-state index in [1.807, 2.05) is 4.90 Å². The second-order valence-corrected chi connectivity index (χ2v) is 10.4. The van der Waals surface area contributed by atoms with Crippen LogP contribution in [-0.4, -0.2) is 47.2 Å². The summed E-state index contributed by atoms with van der Waals surface area (Å²) in [6.45, 7) is 2.04. The van der Waals surface area contributed by atoms with Gasteiger partial charge in [-0.15, -0.1) is 0 Å². The minimum absolute atomic E-state index is 0.0293. The second kappa shape index (κ2) is 8.03. The first-order valence-electron chi connectivity index (χ1n) is 12.3. The van der Waals surface area contributed by atoms with Gasteiger partial charge in [-0.05, 0) is 49.4 Å².